The predicted octanol–water partition coefficient (Wildman–Crippen LogP) is -0.156. The Hall–Kier alpha value is -2.83. The summed E-state index contributed by atoms with van der Waals surface area (Å²) in [4.78, 5) is 30.9. The molecule has 7 nitrogen and oxygen atoms in total. The van der Waals surface area contributed by atoms with Crippen molar-refractivity contribution in [1.29, 1.82) is 0 Å². The number of benzene rings is 1. The van der Waals surface area contributed by atoms with Gasteiger partial charge in [0.15, 0.2) is 5.82 Å². The van der Waals surface area contributed by atoms with Crippen LogP contribution < -0.4 is 21.9 Å². The highest BCUT2D eigenvalue weighted by Crippen LogP contribution is 2.11. The second kappa shape index (κ2) is 5.87. The van der Waals surface area contributed by atoms with Crippen LogP contribution in [0.3, 0.4) is 0 Å². The number of carbonyl (C=O) groups is 1. The Morgan fingerprint density at radius 1 is 1.30 bits per heavy atom. The summed E-state index contributed by atoms with van der Waals surface area (Å²) in [6, 6.07) is 7.14. The van der Waals surface area contributed by atoms with Gasteiger partial charge in [0.25, 0.3) is 5.56 Å². The van der Waals surface area contributed by atoms with Gasteiger partial charge in [-0.3, -0.25) is 9.59 Å². The number of H-pyrrole nitrogens is 1. The lowest BCUT2D eigenvalue weighted by molar-refractivity contribution is -0.116. The molecule has 2 rings (SSSR count). The first-order valence-corrected chi connectivity index (χ1v) is 5.97. The standard InChI is InChI=1S/C13H15N5O2/c14-10-3-1-9(2-4-10)7-18(8-11(15)19)12-13(20)17-6-5-16-12/h1-6H,7-8,14H2,(H2,15,19)(H,17,20). The highest BCUT2D eigenvalue weighted by Gasteiger charge is 2.14. The molecule has 5 N–H and O–H groups in total. The minimum Gasteiger partial charge on any atom is -0.399 e. The lowest BCUT2D eigenvalue weighted by Crippen LogP contribution is -2.37. The van der Waals surface area contributed by atoms with Crippen LogP contribution in [0.15, 0.2) is 41.5 Å². The molecule has 0 aliphatic heterocycles. The van der Waals surface area contributed by atoms with Crippen molar-refractivity contribution in [2.45, 2.75) is 6.54 Å². The largest absolute Gasteiger partial charge is 0.399 e. The van der Waals surface area contributed by atoms with E-state index >= 15 is 0 Å². The van der Waals surface area contributed by atoms with E-state index in [1.54, 1.807) is 12.1 Å². The molecule has 0 aliphatic carbocycles. The summed E-state index contributed by atoms with van der Waals surface area (Å²) in [7, 11) is 0. The van der Waals surface area contributed by atoms with Crippen molar-refractivity contribution in [2.75, 3.05) is 17.2 Å². The monoisotopic (exact) mass is 273 g/mol. The molecule has 7 heteroatoms. The van der Waals surface area contributed by atoms with Crippen LogP contribution in [0, 0.1) is 0 Å². The summed E-state index contributed by atoms with van der Waals surface area (Å²) in [5.74, 6) is -0.381. The van der Waals surface area contributed by atoms with Crippen LogP contribution in [-0.2, 0) is 11.3 Å². The van der Waals surface area contributed by atoms with E-state index in [-0.39, 0.29) is 17.9 Å². The number of rotatable bonds is 5. The van der Waals surface area contributed by atoms with Crippen LogP contribution >= 0.6 is 0 Å². The first-order valence-electron chi connectivity index (χ1n) is 5.97. The molecule has 0 fully saturated rings. The molecule has 0 atom stereocenters. The van der Waals surface area contributed by atoms with Gasteiger partial charge in [-0.2, -0.15) is 0 Å². The van der Waals surface area contributed by atoms with Gasteiger partial charge in [0.1, 0.15) is 0 Å². The molecule has 1 heterocycles. The van der Waals surface area contributed by atoms with Gasteiger partial charge in [-0.1, -0.05) is 12.1 Å². The first-order chi connectivity index (χ1) is 9.56. The summed E-state index contributed by atoms with van der Waals surface area (Å²) in [5.41, 5.74) is 12.0. The molecule has 0 spiro atoms. The van der Waals surface area contributed by atoms with Crippen LogP contribution in [0.1, 0.15) is 5.56 Å². The molecule has 0 saturated heterocycles. The lowest BCUT2D eigenvalue weighted by Gasteiger charge is -2.21. The number of hydrogen-bond donors (Lipinski definition) is 3. The highest BCUT2D eigenvalue weighted by atomic mass is 16.1. The Kier molecular flexibility index (Phi) is 3.99. The van der Waals surface area contributed by atoms with E-state index in [0.717, 1.165) is 5.56 Å². The Morgan fingerprint density at radius 3 is 2.60 bits per heavy atom. The predicted molar refractivity (Wildman–Crippen MR) is 76.0 cm³/mol. The molecule has 0 radical (unpaired) electrons. The molecular weight excluding hydrogens is 258 g/mol. The number of nitrogens with one attached hydrogen (secondary N) is 1. The molecule has 0 bridgehead atoms. The van der Waals surface area contributed by atoms with E-state index in [1.165, 1.54) is 17.3 Å². The Bertz CT molecular complexity index is 650. The summed E-state index contributed by atoms with van der Waals surface area (Å²) in [6.07, 6.45) is 2.88. The summed E-state index contributed by atoms with van der Waals surface area (Å²) >= 11 is 0. The number of aromatic nitrogens is 2. The number of carbonyl (C=O) groups excluding carboxylic acids is 1. The molecule has 0 aliphatic rings. The smallest absolute Gasteiger partial charge is 0.290 e. The average Bonchev–Trinajstić information content (AvgIpc) is 2.41. The normalized spacial score (nSPS) is 10.2. The van der Waals surface area contributed by atoms with E-state index < -0.39 is 5.91 Å². The van der Waals surface area contributed by atoms with E-state index in [4.69, 9.17) is 11.5 Å². The number of nitrogen functional groups attached to an aromatic ring is 1. The minimum absolute atomic E-state index is 0.0928. The van der Waals surface area contributed by atoms with E-state index in [0.29, 0.717) is 12.2 Å². The van der Waals surface area contributed by atoms with Crippen molar-refractivity contribution in [3.8, 4) is 0 Å². The van der Waals surface area contributed by atoms with Gasteiger partial charge >= 0.3 is 0 Å². The molecule has 1 aromatic carbocycles. The maximum Gasteiger partial charge on any atom is 0.290 e. The topological polar surface area (TPSA) is 118 Å². The van der Waals surface area contributed by atoms with Gasteiger partial charge in [0, 0.05) is 24.6 Å². The molecule has 0 saturated carbocycles. The van der Waals surface area contributed by atoms with Crippen LogP contribution in [0.25, 0.3) is 0 Å². The van der Waals surface area contributed by atoms with Crippen LogP contribution in [0.2, 0.25) is 0 Å². The van der Waals surface area contributed by atoms with Gasteiger partial charge in [-0.05, 0) is 17.7 Å². The van der Waals surface area contributed by atoms with E-state index in [2.05, 4.69) is 9.97 Å². The Morgan fingerprint density at radius 2 is 2.00 bits per heavy atom. The van der Waals surface area contributed by atoms with Crippen molar-refractivity contribution in [3.05, 3.63) is 52.6 Å². The fourth-order valence-corrected chi connectivity index (χ4v) is 1.81. The van der Waals surface area contributed by atoms with Crippen LogP contribution in [0.5, 0.6) is 0 Å². The molecule has 104 valence electrons. The summed E-state index contributed by atoms with van der Waals surface area (Å²) in [5, 5.41) is 0. The SMILES string of the molecule is NC(=O)CN(Cc1ccc(N)cc1)c1ncc[nH]c1=O. The first kappa shape index (κ1) is 13.6. The Labute approximate surface area is 115 Å². The van der Waals surface area contributed by atoms with Crippen molar-refractivity contribution >= 4 is 17.4 Å². The number of aromatic amines is 1. The number of nitrogens with zero attached hydrogens (tertiary/aromatic N) is 2. The number of anilines is 2. The molecule has 1 amide bonds. The van der Waals surface area contributed by atoms with Gasteiger partial charge in [0.2, 0.25) is 5.91 Å². The van der Waals surface area contributed by atoms with E-state index in [1.807, 2.05) is 12.1 Å². The van der Waals surface area contributed by atoms with Crippen molar-refractivity contribution in [1.82, 2.24) is 9.97 Å². The zero-order chi connectivity index (χ0) is 14.5. The van der Waals surface area contributed by atoms with Gasteiger partial charge in [-0.25, -0.2) is 4.98 Å². The van der Waals surface area contributed by atoms with Gasteiger partial charge in [-0.15, -0.1) is 0 Å². The number of primary amides is 1. The molecule has 0 unspecified atom stereocenters. The third-order valence-electron chi connectivity index (χ3n) is 2.69. The van der Waals surface area contributed by atoms with Gasteiger partial charge < -0.3 is 21.4 Å². The van der Waals surface area contributed by atoms with Gasteiger partial charge in [0.05, 0.1) is 6.54 Å². The molecule has 20 heavy (non-hydrogen) atoms. The zero-order valence-electron chi connectivity index (χ0n) is 10.7. The molecule has 2 aromatic rings. The lowest BCUT2D eigenvalue weighted by atomic mass is 10.2. The second-order valence-corrected chi connectivity index (χ2v) is 4.31. The van der Waals surface area contributed by atoms with Crippen LogP contribution in [0.4, 0.5) is 11.5 Å². The zero-order valence-corrected chi connectivity index (χ0v) is 10.7. The van der Waals surface area contributed by atoms with Crippen molar-refractivity contribution < 1.29 is 4.79 Å². The maximum atomic E-state index is 11.8. The molecular formula is C13H15N5O2. The Balaban J connectivity index is 2.28. The quantitative estimate of drug-likeness (QED) is 0.654. The number of amides is 1. The van der Waals surface area contributed by atoms with Crippen molar-refractivity contribution in [3.63, 3.8) is 0 Å². The summed E-state index contributed by atoms with van der Waals surface area (Å²) < 4.78 is 0. The van der Waals surface area contributed by atoms with E-state index in [9.17, 15) is 9.59 Å². The fourth-order valence-electron chi connectivity index (χ4n) is 1.81. The van der Waals surface area contributed by atoms with Crippen molar-refractivity contribution in [2.24, 2.45) is 5.73 Å². The number of hydrogen-bond acceptors (Lipinski definition) is 5. The highest BCUT2D eigenvalue weighted by molar-refractivity contribution is 5.79. The van der Waals surface area contributed by atoms with Crippen LogP contribution in [-0.4, -0.2) is 22.4 Å². The second-order valence-electron chi connectivity index (χ2n) is 4.31. The minimum atomic E-state index is -0.537. The third-order valence-corrected chi connectivity index (χ3v) is 2.69. The third kappa shape index (κ3) is 3.35. The maximum absolute atomic E-state index is 11.8. The average molecular weight is 273 g/mol. The fraction of sp³-hybridized carbons (Fsp3) is 0.154. The summed E-state index contributed by atoms with van der Waals surface area (Å²) in [6.45, 7) is 0.244. The number of nitrogens with two attached hydrogens (primary N) is 2. The molecule has 1 aromatic heterocycles.